The summed E-state index contributed by atoms with van der Waals surface area (Å²) in [4.78, 5) is 50.7. The molecule has 2 aliphatic carbocycles. The number of para-hydroxylation sites is 2. The lowest BCUT2D eigenvalue weighted by atomic mass is 9.98. The number of carbonyl (C=O) groups excluding carboxylic acids is 2. The molecule has 4 aliphatic rings. The number of hydrogen-bond donors (Lipinski definition) is 8. The molecule has 0 saturated carbocycles. The number of piperazine rings is 2. The average molecular weight is 1200 g/mol. The number of aromatic nitrogens is 4. The summed E-state index contributed by atoms with van der Waals surface area (Å²) in [5, 5.41) is 33.7. The van der Waals surface area contributed by atoms with Gasteiger partial charge in [-0.1, -0.05) is 59.6 Å². The fraction of sp³-hybridized carbons (Fsp3) is 0.433. The number of aliphatic hydroxyl groups is 2. The van der Waals surface area contributed by atoms with Crippen molar-refractivity contribution in [2.24, 2.45) is 0 Å². The van der Waals surface area contributed by atoms with Crippen LogP contribution in [0, 0.1) is 0 Å². The molecule has 9 N–H and O–H groups in total. The number of halogens is 3. The summed E-state index contributed by atoms with van der Waals surface area (Å²) in [6.07, 6.45) is 11.7. The minimum Gasteiger partial charge on any atom is -0.494 e. The number of aliphatic hydroxyl groups excluding tert-OH is 2. The molecule has 4 aromatic carbocycles. The molecule has 2 saturated heterocycles. The van der Waals surface area contributed by atoms with Crippen molar-refractivity contribution >= 4 is 87.0 Å². The Kier molecular flexibility index (Phi) is 23.2. The maximum atomic E-state index is 12.3. The standard InChI is InChI=1S/C30H38ClN7O3.C18H29N3O2.C12H10Cl2N4O/c1-32-29(40)23-7-3-4-9-25(23)34-28-24(31)19-33-30(36-28)35-26-11-10-20-18-21(6-5-8-22(20)27(26)41-2)38-14-12-37(13-15-38)16-17-39;1-23-18-16-4-2-3-15(13-14(16)5-6-17(18)19)21-9-7-20(8-10-21)11-12-22;1-15-11(19)7-4-2-3-5-9(7)17-10-8(13)6-16-12(14)18-10/h3-4,7,9-11,19,21,39H,5-6,8,12-18H2,1-2H3,(H,32,40)(H2,33,34,35,36);5-6,15,22H,2-4,7-13,19H2,1H3;2-6H,1H3,(H,15,19)(H,16,17,18)/t21-;15-;/m00./s1. The van der Waals surface area contributed by atoms with Gasteiger partial charge in [0.05, 0.1) is 73.7 Å². The van der Waals surface area contributed by atoms with E-state index in [0.717, 1.165) is 127 Å². The number of amides is 2. The van der Waals surface area contributed by atoms with E-state index in [1.165, 1.54) is 47.5 Å². The van der Waals surface area contributed by atoms with Gasteiger partial charge in [-0.25, -0.2) is 9.97 Å². The van der Waals surface area contributed by atoms with Crippen molar-refractivity contribution in [2.75, 3.05) is 129 Å². The molecule has 23 heteroatoms. The van der Waals surface area contributed by atoms with Crippen LogP contribution in [0.1, 0.15) is 68.7 Å². The number of nitrogens with zero attached hydrogens (tertiary/aromatic N) is 8. The number of nitrogens with one attached hydrogen (secondary N) is 5. The molecule has 0 unspecified atom stereocenters. The lowest BCUT2D eigenvalue weighted by Crippen LogP contribution is -2.51. The fourth-order valence-electron chi connectivity index (χ4n) is 11.4. The topological polar surface area (TPSA) is 244 Å². The summed E-state index contributed by atoms with van der Waals surface area (Å²) in [7, 11) is 6.57. The van der Waals surface area contributed by atoms with E-state index in [1.54, 1.807) is 70.8 Å². The Morgan fingerprint density at radius 1 is 0.602 bits per heavy atom. The van der Waals surface area contributed by atoms with Crippen LogP contribution in [-0.4, -0.2) is 181 Å². The van der Waals surface area contributed by atoms with Crippen molar-refractivity contribution in [3.8, 4) is 11.5 Å². The quantitative estimate of drug-likeness (QED) is 0.0261. The predicted molar refractivity (Wildman–Crippen MR) is 330 cm³/mol. The number of benzene rings is 4. The van der Waals surface area contributed by atoms with Crippen LogP contribution in [0.5, 0.6) is 11.5 Å². The molecule has 2 amide bonds. The van der Waals surface area contributed by atoms with E-state index < -0.39 is 0 Å². The zero-order valence-corrected chi connectivity index (χ0v) is 50.0. The Morgan fingerprint density at radius 2 is 1.07 bits per heavy atom. The average Bonchev–Trinajstić information content (AvgIpc) is 4.00. The van der Waals surface area contributed by atoms with Gasteiger partial charge in [-0.05, 0) is 122 Å². The molecule has 83 heavy (non-hydrogen) atoms. The lowest BCUT2D eigenvalue weighted by molar-refractivity contribution is 0.0804. The fourth-order valence-corrected chi connectivity index (χ4v) is 11.8. The number of ether oxygens (including phenoxy) is 2. The molecule has 6 aromatic rings. The third kappa shape index (κ3) is 16.4. The maximum absolute atomic E-state index is 12.3. The van der Waals surface area contributed by atoms with Gasteiger partial charge in [0.1, 0.15) is 21.5 Å². The van der Waals surface area contributed by atoms with Crippen molar-refractivity contribution in [3.63, 3.8) is 0 Å². The van der Waals surface area contributed by atoms with Crippen LogP contribution in [0.25, 0.3) is 0 Å². The van der Waals surface area contributed by atoms with Crippen LogP contribution in [0.15, 0.2) is 85.2 Å². The lowest BCUT2D eigenvalue weighted by Gasteiger charge is -2.39. The largest absolute Gasteiger partial charge is 0.494 e. The molecule has 2 aromatic heterocycles. The van der Waals surface area contributed by atoms with Crippen molar-refractivity contribution in [2.45, 2.75) is 63.5 Å². The molecule has 0 bridgehead atoms. The summed E-state index contributed by atoms with van der Waals surface area (Å²) in [5.41, 5.74) is 15.0. The molecule has 0 spiro atoms. The van der Waals surface area contributed by atoms with Gasteiger partial charge in [0.2, 0.25) is 11.2 Å². The molecule has 2 atom stereocenters. The maximum Gasteiger partial charge on any atom is 0.253 e. The first-order chi connectivity index (χ1) is 40.3. The highest BCUT2D eigenvalue weighted by Crippen LogP contribution is 2.39. The zero-order chi connectivity index (χ0) is 58.8. The van der Waals surface area contributed by atoms with Crippen LogP contribution in [-0.2, 0) is 25.7 Å². The number of methoxy groups -OCH3 is 2. The van der Waals surface area contributed by atoms with E-state index in [-0.39, 0.29) is 30.3 Å². The first-order valence-electron chi connectivity index (χ1n) is 28.3. The number of β-amino-alcohol motifs (C(OH)–C–C–N with tert-alkyl or cyclic N) is 2. The van der Waals surface area contributed by atoms with Gasteiger partial charge in [0.15, 0.2) is 11.6 Å². The van der Waals surface area contributed by atoms with Crippen molar-refractivity contribution in [1.82, 2.24) is 50.2 Å². The molecule has 2 aliphatic heterocycles. The van der Waals surface area contributed by atoms with E-state index in [2.05, 4.69) is 78.3 Å². The van der Waals surface area contributed by atoms with Gasteiger partial charge < -0.3 is 52.0 Å². The van der Waals surface area contributed by atoms with Crippen molar-refractivity contribution in [1.29, 1.82) is 0 Å². The van der Waals surface area contributed by atoms with Gasteiger partial charge >= 0.3 is 0 Å². The third-order valence-corrected chi connectivity index (χ3v) is 16.4. The monoisotopic (exact) mass is 1190 g/mol. The Hall–Kier alpha value is -6.59. The van der Waals surface area contributed by atoms with Gasteiger partial charge in [0, 0.05) is 91.6 Å². The molecule has 10 rings (SSSR count). The molecule has 444 valence electrons. The molecule has 2 fully saturated rings. The summed E-state index contributed by atoms with van der Waals surface area (Å²) in [6.45, 7) is 10.5. The summed E-state index contributed by atoms with van der Waals surface area (Å²) < 4.78 is 11.5. The third-order valence-electron chi connectivity index (χ3n) is 15.7. The van der Waals surface area contributed by atoms with Gasteiger partial charge in [0.25, 0.3) is 11.8 Å². The second kappa shape index (κ2) is 30.8. The van der Waals surface area contributed by atoms with Gasteiger partial charge in [-0.15, -0.1) is 0 Å². The number of rotatable bonds is 16. The number of nitrogen functional groups attached to an aromatic ring is 1. The number of fused-ring (bicyclic) bond motifs is 2. The Morgan fingerprint density at radius 3 is 1.57 bits per heavy atom. The Labute approximate surface area is 501 Å². The number of carbonyl (C=O) groups is 2. The second-order valence-electron chi connectivity index (χ2n) is 20.7. The van der Waals surface area contributed by atoms with Crippen LogP contribution in [0.4, 0.5) is 40.3 Å². The first-order valence-corrected chi connectivity index (χ1v) is 29.4. The Bertz CT molecular complexity index is 3130. The van der Waals surface area contributed by atoms with E-state index >= 15 is 0 Å². The van der Waals surface area contributed by atoms with E-state index in [4.69, 9.17) is 55.1 Å². The SMILES string of the molecule is CNC(=O)c1ccccc1Nc1nc(Cl)ncc1Cl.CNC(=O)c1ccccc1Nc1nc(Nc2ccc3c(c2OC)CCC[C@H](N2CCN(CCO)CC2)C3)ncc1Cl.COc1c(N)ccc2c1CCC[C@H](N1CCN(CCO)CC1)C2. The first kappa shape index (κ1) is 62.5. The second-order valence-corrected chi connectivity index (χ2v) is 21.8. The number of nitrogens with two attached hydrogens (primary N) is 1. The zero-order valence-electron chi connectivity index (χ0n) is 47.7. The highest BCUT2D eigenvalue weighted by atomic mass is 35.5. The number of anilines is 7. The highest BCUT2D eigenvalue weighted by Gasteiger charge is 2.30. The molecule has 4 heterocycles. The minimum atomic E-state index is -0.211. The predicted octanol–water partition coefficient (Wildman–Crippen LogP) is 7.86. The van der Waals surface area contributed by atoms with E-state index in [9.17, 15) is 14.7 Å². The van der Waals surface area contributed by atoms with E-state index in [0.29, 0.717) is 62.2 Å². The minimum absolute atomic E-state index is 0.0734. The van der Waals surface area contributed by atoms with Crippen molar-refractivity contribution < 1.29 is 29.3 Å². The van der Waals surface area contributed by atoms with Gasteiger partial charge in [-0.3, -0.25) is 29.2 Å². The normalized spacial score (nSPS) is 17.6. The summed E-state index contributed by atoms with van der Waals surface area (Å²) in [5.74, 6) is 2.37. The van der Waals surface area contributed by atoms with E-state index in [1.807, 2.05) is 18.2 Å². The van der Waals surface area contributed by atoms with Crippen LogP contribution >= 0.6 is 34.8 Å². The molecule has 0 radical (unpaired) electrons. The molecular weight excluding hydrogens is 1120 g/mol. The number of hydrogen-bond acceptors (Lipinski definition) is 18. The molecular formula is C60H77Cl3N14O6. The Balaban J connectivity index is 0.000000180. The van der Waals surface area contributed by atoms with Gasteiger partial charge in [-0.2, -0.15) is 9.97 Å². The van der Waals surface area contributed by atoms with Crippen LogP contribution < -0.4 is 41.8 Å². The molecule has 20 nitrogen and oxygen atoms in total. The van der Waals surface area contributed by atoms with Crippen LogP contribution in [0.3, 0.4) is 0 Å². The highest BCUT2D eigenvalue weighted by molar-refractivity contribution is 6.34. The smallest absolute Gasteiger partial charge is 0.253 e. The summed E-state index contributed by atoms with van der Waals surface area (Å²) >= 11 is 18.1. The summed E-state index contributed by atoms with van der Waals surface area (Å²) in [6, 6.07) is 23.7. The van der Waals surface area contributed by atoms with Crippen molar-refractivity contribution in [3.05, 3.63) is 134 Å². The van der Waals surface area contributed by atoms with Crippen LogP contribution in [0.2, 0.25) is 15.3 Å².